The van der Waals surface area contributed by atoms with Crippen molar-refractivity contribution in [2.75, 3.05) is 26.2 Å². The smallest absolute Gasteiger partial charge is 0.320 e. The number of likely N-dealkylation sites (tertiary alicyclic amines) is 1. The van der Waals surface area contributed by atoms with E-state index in [1.807, 2.05) is 28.9 Å². The molecule has 0 radical (unpaired) electrons. The molecule has 2 aliphatic rings. The van der Waals surface area contributed by atoms with Gasteiger partial charge in [0.25, 0.3) is 0 Å². The van der Waals surface area contributed by atoms with Crippen molar-refractivity contribution in [1.82, 2.24) is 19.8 Å². The van der Waals surface area contributed by atoms with E-state index in [0.29, 0.717) is 25.6 Å². The number of ether oxygens (including phenoxy) is 1. The molecule has 32 heavy (non-hydrogen) atoms. The van der Waals surface area contributed by atoms with Crippen LogP contribution in [0.15, 0.2) is 48.6 Å². The van der Waals surface area contributed by atoms with Crippen molar-refractivity contribution in [1.29, 1.82) is 0 Å². The summed E-state index contributed by atoms with van der Waals surface area (Å²) in [6.45, 7) is 7.37. The highest BCUT2D eigenvalue weighted by Gasteiger charge is 2.27. The van der Waals surface area contributed by atoms with Crippen LogP contribution in [-0.2, 0) is 6.54 Å². The summed E-state index contributed by atoms with van der Waals surface area (Å²) < 4.78 is 5.99. The van der Waals surface area contributed by atoms with Crippen molar-refractivity contribution in [3.05, 3.63) is 59.9 Å². The van der Waals surface area contributed by atoms with Crippen molar-refractivity contribution < 1.29 is 9.53 Å². The number of aromatic nitrogens is 2. The fourth-order valence-electron chi connectivity index (χ4n) is 4.81. The van der Waals surface area contributed by atoms with E-state index in [2.05, 4.69) is 53.3 Å². The molecule has 1 aromatic heterocycles. The number of rotatable bonds is 2. The first-order valence-electron chi connectivity index (χ1n) is 11.5. The molecule has 0 saturated carbocycles. The van der Waals surface area contributed by atoms with Crippen molar-refractivity contribution >= 4 is 17.1 Å². The molecule has 166 valence electrons. The van der Waals surface area contributed by atoms with Crippen LogP contribution in [0.4, 0.5) is 4.79 Å². The number of allylic oxidation sites excluding steroid dienone is 2. The van der Waals surface area contributed by atoms with Crippen LogP contribution in [0.1, 0.15) is 31.2 Å². The second kappa shape index (κ2) is 8.69. The number of hydrogen-bond acceptors (Lipinski definition) is 3. The largest absolute Gasteiger partial charge is 0.491 e. The quantitative estimate of drug-likeness (QED) is 0.573. The van der Waals surface area contributed by atoms with E-state index in [0.717, 1.165) is 65.2 Å². The Morgan fingerprint density at radius 2 is 1.88 bits per heavy atom. The van der Waals surface area contributed by atoms with Gasteiger partial charge in [-0.15, -0.1) is 0 Å². The van der Waals surface area contributed by atoms with E-state index in [1.165, 1.54) is 0 Å². The van der Waals surface area contributed by atoms with Gasteiger partial charge in [0.1, 0.15) is 18.2 Å². The Kier molecular flexibility index (Phi) is 5.60. The minimum atomic E-state index is 0.125. The molecule has 0 spiro atoms. The van der Waals surface area contributed by atoms with Gasteiger partial charge in [-0.2, -0.15) is 0 Å². The van der Waals surface area contributed by atoms with Crippen molar-refractivity contribution in [3.8, 4) is 16.9 Å². The van der Waals surface area contributed by atoms with Crippen LogP contribution >= 0.6 is 0 Å². The molecule has 0 bridgehead atoms. The van der Waals surface area contributed by atoms with Crippen LogP contribution in [-0.4, -0.2) is 52.0 Å². The summed E-state index contributed by atoms with van der Waals surface area (Å²) in [7, 11) is 0. The Labute approximate surface area is 188 Å². The predicted molar refractivity (Wildman–Crippen MR) is 127 cm³/mol. The maximum atomic E-state index is 13.3. The van der Waals surface area contributed by atoms with E-state index in [-0.39, 0.29) is 6.03 Å². The monoisotopic (exact) mass is 430 g/mol. The molecule has 1 saturated heterocycles. The number of piperidine rings is 1. The summed E-state index contributed by atoms with van der Waals surface area (Å²) >= 11 is 0. The number of aromatic amines is 1. The minimum absolute atomic E-state index is 0.125. The maximum absolute atomic E-state index is 13.3. The van der Waals surface area contributed by atoms with Gasteiger partial charge in [-0.05, 0) is 68.0 Å². The van der Waals surface area contributed by atoms with Gasteiger partial charge in [0.05, 0.1) is 24.1 Å². The van der Waals surface area contributed by atoms with E-state index in [1.54, 1.807) is 0 Å². The van der Waals surface area contributed by atoms with Crippen LogP contribution in [0.2, 0.25) is 0 Å². The van der Waals surface area contributed by atoms with Gasteiger partial charge >= 0.3 is 6.03 Å². The lowest BCUT2D eigenvalue weighted by molar-refractivity contribution is 0.131. The van der Waals surface area contributed by atoms with Gasteiger partial charge in [0.15, 0.2) is 0 Å². The molecule has 1 fully saturated rings. The molecule has 6 nitrogen and oxygen atoms in total. The van der Waals surface area contributed by atoms with Gasteiger partial charge in [-0.3, -0.25) is 0 Å². The molecule has 0 aliphatic carbocycles. The first-order chi connectivity index (χ1) is 15.6. The van der Waals surface area contributed by atoms with Crippen LogP contribution in [0.3, 0.4) is 0 Å². The van der Waals surface area contributed by atoms with E-state index < -0.39 is 0 Å². The Hall–Kier alpha value is -3.28. The Morgan fingerprint density at radius 1 is 1.09 bits per heavy atom. The number of nitrogens with zero attached hydrogens (tertiary/aromatic N) is 3. The van der Waals surface area contributed by atoms with Crippen LogP contribution < -0.4 is 4.74 Å². The Morgan fingerprint density at radius 3 is 2.69 bits per heavy atom. The molecule has 6 heteroatoms. The number of fused-ring (bicyclic) bond motifs is 2. The fraction of sp³-hybridized carbons (Fsp3) is 0.385. The first kappa shape index (κ1) is 20.6. The van der Waals surface area contributed by atoms with Gasteiger partial charge in [0, 0.05) is 18.7 Å². The number of amides is 2. The van der Waals surface area contributed by atoms with Crippen LogP contribution in [0, 0.1) is 12.8 Å². The van der Waals surface area contributed by atoms with E-state index in [9.17, 15) is 4.79 Å². The third-order valence-electron chi connectivity index (χ3n) is 6.52. The molecule has 2 amide bonds. The number of carbonyl (C=O) groups excluding carboxylic acids is 1. The average Bonchev–Trinajstić information content (AvgIpc) is 3.05. The number of benzene rings is 2. The molecule has 0 atom stereocenters. The Balaban J connectivity index is 1.35. The minimum Gasteiger partial charge on any atom is -0.491 e. The number of aryl methyl sites for hydroxylation is 1. The second-order valence-electron chi connectivity index (χ2n) is 8.78. The zero-order valence-corrected chi connectivity index (χ0v) is 18.8. The van der Waals surface area contributed by atoms with Gasteiger partial charge in [0.2, 0.25) is 0 Å². The van der Waals surface area contributed by atoms with Gasteiger partial charge in [-0.1, -0.05) is 24.3 Å². The summed E-state index contributed by atoms with van der Waals surface area (Å²) in [5, 5.41) is 0. The molecular formula is C26H30N4O2. The van der Waals surface area contributed by atoms with Crippen LogP contribution in [0.25, 0.3) is 22.2 Å². The highest BCUT2D eigenvalue weighted by atomic mass is 16.5. The normalized spacial score (nSPS) is 17.4. The Bertz CT molecular complexity index is 1160. The standard InChI is InChI=1S/C26H30N4O2/c1-3-4-19-9-11-29(12-10-19)26(31)30-13-14-32-25-8-6-20(15-22(25)17-30)21-5-7-23-24(16-21)28-18(2)27-23/h3-8,15-16,19H,9-14,17H2,1-2H3,(H,27,28)/b4-3+. The molecule has 2 aliphatic heterocycles. The number of hydrogen-bond donors (Lipinski definition) is 1. The topological polar surface area (TPSA) is 61.5 Å². The molecular weight excluding hydrogens is 400 g/mol. The number of carbonyl (C=O) groups is 1. The molecule has 0 unspecified atom stereocenters. The van der Waals surface area contributed by atoms with E-state index >= 15 is 0 Å². The van der Waals surface area contributed by atoms with Crippen molar-refractivity contribution in [3.63, 3.8) is 0 Å². The number of H-pyrrole nitrogens is 1. The SMILES string of the molecule is C/C=C/C1CCN(C(=O)N2CCOc3ccc(-c4ccc5nc(C)[nH]c5c4)cc3C2)CC1. The summed E-state index contributed by atoms with van der Waals surface area (Å²) in [6.07, 6.45) is 6.46. The average molecular weight is 431 g/mol. The van der Waals surface area contributed by atoms with E-state index in [4.69, 9.17) is 4.74 Å². The lowest BCUT2D eigenvalue weighted by atomic mass is 9.96. The summed E-state index contributed by atoms with van der Waals surface area (Å²) in [5.41, 5.74) is 5.29. The highest BCUT2D eigenvalue weighted by molar-refractivity contribution is 5.82. The molecule has 3 aromatic rings. The molecule has 3 heterocycles. The summed E-state index contributed by atoms with van der Waals surface area (Å²) in [5.74, 6) is 2.38. The number of urea groups is 1. The molecule has 1 N–H and O–H groups in total. The maximum Gasteiger partial charge on any atom is 0.320 e. The lowest BCUT2D eigenvalue weighted by Gasteiger charge is -2.34. The highest BCUT2D eigenvalue weighted by Crippen LogP contribution is 2.31. The van der Waals surface area contributed by atoms with Gasteiger partial charge < -0.3 is 19.5 Å². The molecule has 2 aromatic carbocycles. The zero-order chi connectivity index (χ0) is 22.1. The first-order valence-corrected chi connectivity index (χ1v) is 11.5. The second-order valence-corrected chi connectivity index (χ2v) is 8.78. The number of imidazole rings is 1. The summed E-state index contributed by atoms with van der Waals surface area (Å²) in [4.78, 5) is 25.0. The van der Waals surface area contributed by atoms with Crippen molar-refractivity contribution in [2.24, 2.45) is 5.92 Å². The zero-order valence-electron chi connectivity index (χ0n) is 18.8. The predicted octanol–water partition coefficient (Wildman–Crippen LogP) is 5.14. The third kappa shape index (κ3) is 4.09. The third-order valence-corrected chi connectivity index (χ3v) is 6.52. The fourth-order valence-corrected chi connectivity index (χ4v) is 4.81. The number of nitrogens with one attached hydrogen (secondary N) is 1. The van der Waals surface area contributed by atoms with Crippen molar-refractivity contribution in [2.45, 2.75) is 33.2 Å². The lowest BCUT2D eigenvalue weighted by Crippen LogP contribution is -2.46. The summed E-state index contributed by atoms with van der Waals surface area (Å²) in [6, 6.07) is 12.7. The van der Waals surface area contributed by atoms with Crippen LogP contribution in [0.5, 0.6) is 5.75 Å². The van der Waals surface area contributed by atoms with Gasteiger partial charge in [-0.25, -0.2) is 9.78 Å². The molecule has 5 rings (SSSR count).